The highest BCUT2D eigenvalue weighted by Gasteiger charge is 2.31. The third-order valence-electron chi connectivity index (χ3n) is 3.50. The highest BCUT2D eigenvalue weighted by molar-refractivity contribution is 5.92. The number of alkyl halides is 3. The molecule has 0 saturated heterocycles. The summed E-state index contributed by atoms with van der Waals surface area (Å²) in [7, 11) is 0. The van der Waals surface area contributed by atoms with Gasteiger partial charge in [-0.25, -0.2) is 4.98 Å². The van der Waals surface area contributed by atoms with Crippen molar-refractivity contribution in [1.82, 2.24) is 20.2 Å². The predicted octanol–water partition coefficient (Wildman–Crippen LogP) is 2.33. The van der Waals surface area contributed by atoms with Crippen molar-refractivity contribution in [3.63, 3.8) is 0 Å². The number of rotatable bonds is 5. The fourth-order valence-electron chi connectivity index (χ4n) is 2.42. The number of anilines is 2. The van der Waals surface area contributed by atoms with Gasteiger partial charge in [-0.05, 0) is 18.2 Å². The molecule has 0 aliphatic carbocycles. The van der Waals surface area contributed by atoms with E-state index in [1.807, 2.05) is 0 Å². The van der Waals surface area contributed by atoms with Crippen molar-refractivity contribution in [2.45, 2.75) is 18.7 Å². The fraction of sp³-hybridized carbons (Fsp3) is 0.267. The van der Waals surface area contributed by atoms with Crippen LogP contribution in [0.4, 0.5) is 24.9 Å². The van der Waals surface area contributed by atoms with Gasteiger partial charge in [0.15, 0.2) is 0 Å². The number of nitrogens with two attached hydrogens (primary N) is 1. The smallest absolute Gasteiger partial charge is 0.391 e. The third-order valence-corrected chi connectivity index (χ3v) is 3.50. The molecule has 0 aliphatic heterocycles. The summed E-state index contributed by atoms with van der Waals surface area (Å²) < 4.78 is 36.9. The molecule has 0 bridgehead atoms. The van der Waals surface area contributed by atoms with Gasteiger partial charge >= 0.3 is 6.18 Å². The molecular formula is C15H15F3N6O. The fourth-order valence-corrected chi connectivity index (χ4v) is 2.42. The van der Waals surface area contributed by atoms with Crippen LogP contribution in [0, 0.1) is 0 Å². The van der Waals surface area contributed by atoms with Gasteiger partial charge in [-0.15, -0.1) is 0 Å². The quantitative estimate of drug-likeness (QED) is 0.561. The molecule has 2 heterocycles. The lowest BCUT2D eigenvalue weighted by Crippen LogP contribution is -2.26. The van der Waals surface area contributed by atoms with E-state index in [2.05, 4.69) is 25.5 Å². The number of aliphatic hydroxyl groups excluding tert-OH is 1. The Kier molecular flexibility index (Phi) is 4.45. The van der Waals surface area contributed by atoms with E-state index in [-0.39, 0.29) is 18.3 Å². The Morgan fingerprint density at radius 1 is 1.24 bits per heavy atom. The molecule has 0 aliphatic rings. The lowest BCUT2D eigenvalue weighted by Gasteiger charge is -2.15. The average molecular weight is 352 g/mol. The van der Waals surface area contributed by atoms with Crippen molar-refractivity contribution >= 4 is 22.7 Å². The standard InChI is InChI=1S/C15H15F3N6O/c16-15(17,18)6-9(25)7-20-13-10-2-1-8(11-3-4-21-24-11)5-12(10)22-14(19)23-13/h1-5,9,25H,6-7H2,(H,21,24)(H3,19,20,22,23)/t9-/m1/s1. The summed E-state index contributed by atoms with van der Waals surface area (Å²) >= 11 is 0. The van der Waals surface area contributed by atoms with Gasteiger partial charge in [0.05, 0.1) is 23.7 Å². The zero-order valence-corrected chi connectivity index (χ0v) is 12.9. The van der Waals surface area contributed by atoms with E-state index in [0.29, 0.717) is 10.9 Å². The topological polar surface area (TPSA) is 113 Å². The molecule has 10 heteroatoms. The Labute approximate surface area is 140 Å². The Bertz CT molecular complexity index is 866. The van der Waals surface area contributed by atoms with Gasteiger partial charge in [-0.2, -0.15) is 23.3 Å². The first-order chi connectivity index (χ1) is 11.8. The van der Waals surface area contributed by atoms with Crippen LogP contribution in [0.15, 0.2) is 30.5 Å². The van der Waals surface area contributed by atoms with Crippen LogP contribution in [0.3, 0.4) is 0 Å². The van der Waals surface area contributed by atoms with Crippen molar-refractivity contribution in [2.24, 2.45) is 0 Å². The number of benzene rings is 1. The van der Waals surface area contributed by atoms with E-state index >= 15 is 0 Å². The van der Waals surface area contributed by atoms with Crippen LogP contribution >= 0.6 is 0 Å². The normalized spacial score (nSPS) is 13.1. The monoisotopic (exact) mass is 352 g/mol. The second-order valence-corrected chi connectivity index (χ2v) is 5.49. The summed E-state index contributed by atoms with van der Waals surface area (Å²) in [5.74, 6) is 0.238. The van der Waals surface area contributed by atoms with E-state index in [9.17, 15) is 18.3 Å². The zero-order chi connectivity index (χ0) is 18.0. The molecule has 0 unspecified atom stereocenters. The molecule has 1 atom stereocenters. The van der Waals surface area contributed by atoms with Crippen LogP contribution in [0.2, 0.25) is 0 Å². The first-order valence-corrected chi connectivity index (χ1v) is 7.37. The molecule has 0 spiro atoms. The Hall–Kier alpha value is -2.88. The highest BCUT2D eigenvalue weighted by Crippen LogP contribution is 2.27. The number of aromatic amines is 1. The summed E-state index contributed by atoms with van der Waals surface area (Å²) in [6.07, 6.45) is -5.71. The SMILES string of the molecule is Nc1nc(NC[C@H](O)CC(F)(F)F)c2ccc(-c3ccn[nH]3)cc2n1. The first kappa shape index (κ1) is 17.0. The Balaban J connectivity index is 1.85. The Morgan fingerprint density at radius 3 is 2.72 bits per heavy atom. The molecule has 0 fully saturated rings. The van der Waals surface area contributed by atoms with Gasteiger partial charge in [0, 0.05) is 23.7 Å². The predicted molar refractivity (Wildman–Crippen MR) is 86.7 cm³/mol. The lowest BCUT2D eigenvalue weighted by atomic mass is 10.1. The molecule has 0 saturated carbocycles. The van der Waals surface area contributed by atoms with Crippen molar-refractivity contribution < 1.29 is 18.3 Å². The number of nitrogens with zero attached hydrogens (tertiary/aromatic N) is 3. The number of aliphatic hydroxyl groups is 1. The number of hydrogen-bond donors (Lipinski definition) is 4. The maximum Gasteiger partial charge on any atom is 0.391 e. The molecule has 7 nitrogen and oxygen atoms in total. The first-order valence-electron chi connectivity index (χ1n) is 7.37. The molecule has 2 aromatic heterocycles. The van der Waals surface area contributed by atoms with Crippen LogP contribution in [0.25, 0.3) is 22.2 Å². The number of nitrogen functional groups attached to an aromatic ring is 1. The molecule has 5 N–H and O–H groups in total. The second kappa shape index (κ2) is 6.55. The van der Waals surface area contributed by atoms with Crippen LogP contribution < -0.4 is 11.1 Å². The van der Waals surface area contributed by atoms with Gasteiger partial charge in [-0.1, -0.05) is 6.07 Å². The molecular weight excluding hydrogens is 337 g/mol. The Morgan fingerprint density at radius 2 is 2.04 bits per heavy atom. The summed E-state index contributed by atoms with van der Waals surface area (Å²) in [5.41, 5.74) is 7.81. The van der Waals surface area contributed by atoms with Gasteiger partial charge in [-0.3, -0.25) is 5.10 Å². The van der Waals surface area contributed by atoms with E-state index in [1.165, 1.54) is 0 Å². The molecule has 1 aromatic carbocycles. The number of H-pyrrole nitrogens is 1. The largest absolute Gasteiger partial charge is 0.391 e. The summed E-state index contributed by atoms with van der Waals surface area (Å²) in [4.78, 5) is 8.15. The summed E-state index contributed by atoms with van der Waals surface area (Å²) in [6, 6.07) is 7.08. The van der Waals surface area contributed by atoms with Gasteiger partial charge in [0.25, 0.3) is 0 Å². The molecule has 132 valence electrons. The molecule has 0 radical (unpaired) electrons. The minimum Gasteiger partial charge on any atom is -0.391 e. The van der Waals surface area contributed by atoms with Crippen LogP contribution in [0.1, 0.15) is 6.42 Å². The van der Waals surface area contributed by atoms with Crippen molar-refractivity contribution in [2.75, 3.05) is 17.6 Å². The lowest BCUT2D eigenvalue weighted by molar-refractivity contribution is -0.151. The van der Waals surface area contributed by atoms with E-state index in [0.717, 1.165) is 11.3 Å². The maximum absolute atomic E-state index is 12.3. The number of nitrogens with one attached hydrogen (secondary N) is 2. The average Bonchev–Trinajstić information content (AvgIpc) is 3.04. The molecule has 3 aromatic rings. The second-order valence-electron chi connectivity index (χ2n) is 5.49. The summed E-state index contributed by atoms with van der Waals surface area (Å²) in [6.45, 7) is -0.312. The minimum absolute atomic E-state index is 0.0259. The van der Waals surface area contributed by atoms with Gasteiger partial charge in [0.1, 0.15) is 5.82 Å². The molecule has 0 amide bonds. The molecule has 25 heavy (non-hydrogen) atoms. The van der Waals surface area contributed by atoms with Crippen LogP contribution in [-0.4, -0.2) is 44.1 Å². The van der Waals surface area contributed by atoms with Crippen molar-refractivity contribution in [3.8, 4) is 11.3 Å². The zero-order valence-electron chi connectivity index (χ0n) is 12.9. The number of halogens is 3. The minimum atomic E-state index is -4.44. The number of hydrogen-bond acceptors (Lipinski definition) is 6. The van der Waals surface area contributed by atoms with Crippen molar-refractivity contribution in [3.05, 3.63) is 30.5 Å². The maximum atomic E-state index is 12.3. The highest BCUT2D eigenvalue weighted by atomic mass is 19.4. The summed E-state index contributed by atoms with van der Waals surface area (Å²) in [5, 5.41) is 19.5. The molecule has 3 rings (SSSR count). The number of aromatic nitrogens is 4. The van der Waals surface area contributed by atoms with Crippen LogP contribution in [0.5, 0.6) is 0 Å². The third kappa shape index (κ3) is 4.15. The van der Waals surface area contributed by atoms with Crippen molar-refractivity contribution in [1.29, 1.82) is 0 Å². The van der Waals surface area contributed by atoms with Crippen LogP contribution in [-0.2, 0) is 0 Å². The number of fused-ring (bicyclic) bond motifs is 1. The van der Waals surface area contributed by atoms with E-state index in [4.69, 9.17) is 5.73 Å². The van der Waals surface area contributed by atoms with Gasteiger partial charge < -0.3 is 16.2 Å². The van der Waals surface area contributed by atoms with Gasteiger partial charge in [0.2, 0.25) is 5.95 Å². The van der Waals surface area contributed by atoms with E-state index in [1.54, 1.807) is 30.5 Å². The van der Waals surface area contributed by atoms with E-state index < -0.39 is 18.7 Å².